The Morgan fingerprint density at radius 2 is 1.58 bits per heavy atom. The smallest absolute Gasteiger partial charge is 0.306 e. The normalized spacial score (nSPS) is 27.0. The van der Waals surface area contributed by atoms with Gasteiger partial charge in [0.25, 0.3) is 0 Å². The highest BCUT2D eigenvalue weighted by Gasteiger charge is 2.51. The van der Waals surface area contributed by atoms with E-state index in [4.69, 9.17) is 18.9 Å². The van der Waals surface area contributed by atoms with Gasteiger partial charge < -0.3 is 18.9 Å². The Morgan fingerprint density at radius 1 is 1.04 bits per heavy atom. The lowest BCUT2D eigenvalue weighted by Crippen LogP contribution is -2.36. The molecule has 0 N–H and O–H groups in total. The second-order valence-corrected chi connectivity index (χ2v) is 7.92. The molecule has 2 unspecified atom stereocenters. The molecule has 0 aliphatic carbocycles. The van der Waals surface area contributed by atoms with E-state index >= 15 is 0 Å². The van der Waals surface area contributed by atoms with Gasteiger partial charge in [0.05, 0.1) is 13.2 Å². The first-order valence-corrected chi connectivity index (χ1v) is 10.2. The molecule has 0 spiro atoms. The zero-order valence-corrected chi connectivity index (χ0v) is 16.5. The fourth-order valence-corrected chi connectivity index (χ4v) is 3.54. The number of rotatable bonds is 11. The number of hydrogen-bond donors (Lipinski definition) is 1. The van der Waals surface area contributed by atoms with Gasteiger partial charge in [0.15, 0.2) is 12.2 Å². The molecule has 2 heterocycles. The van der Waals surface area contributed by atoms with Crippen LogP contribution >= 0.6 is 24.4 Å². The molecule has 0 amide bonds. The van der Waals surface area contributed by atoms with Crippen LogP contribution in [-0.2, 0) is 28.5 Å². The minimum atomic E-state index is -0.459. The van der Waals surface area contributed by atoms with Crippen molar-refractivity contribution >= 4 is 36.3 Å². The quantitative estimate of drug-likeness (QED) is 0.324. The highest BCUT2D eigenvalue weighted by Crippen LogP contribution is 2.31. The Labute approximate surface area is 164 Å². The van der Waals surface area contributed by atoms with Gasteiger partial charge in [-0.2, -0.15) is 0 Å². The van der Waals surface area contributed by atoms with Crippen molar-refractivity contribution in [2.45, 2.75) is 56.5 Å². The van der Waals surface area contributed by atoms with Gasteiger partial charge in [-0.1, -0.05) is 13.2 Å². The molecule has 0 saturated carbocycles. The van der Waals surface area contributed by atoms with Crippen molar-refractivity contribution < 1.29 is 28.5 Å². The molecule has 2 aliphatic heterocycles. The second kappa shape index (κ2) is 11.0. The highest BCUT2D eigenvalue weighted by atomic mass is 32.2. The number of carbonyl (C=O) groups is 2. The Balaban J connectivity index is 1.71. The molecule has 0 bridgehead atoms. The third-order valence-electron chi connectivity index (χ3n) is 4.14. The largest absolute Gasteiger partial charge is 0.457 e. The van der Waals surface area contributed by atoms with Gasteiger partial charge in [0.2, 0.25) is 0 Å². The molecule has 2 rings (SSSR count). The van der Waals surface area contributed by atoms with Gasteiger partial charge in [0.1, 0.15) is 12.2 Å². The molecule has 0 aromatic carbocycles. The minimum absolute atomic E-state index is 0.254. The van der Waals surface area contributed by atoms with Crippen molar-refractivity contribution in [1.29, 1.82) is 0 Å². The summed E-state index contributed by atoms with van der Waals surface area (Å²) in [6.45, 7) is 7.82. The first-order valence-electron chi connectivity index (χ1n) is 8.72. The van der Waals surface area contributed by atoms with Crippen LogP contribution in [0.5, 0.6) is 0 Å². The van der Waals surface area contributed by atoms with E-state index < -0.39 is 12.2 Å². The van der Waals surface area contributed by atoms with Crippen LogP contribution in [0.2, 0.25) is 0 Å². The van der Waals surface area contributed by atoms with Crippen molar-refractivity contribution in [3.63, 3.8) is 0 Å². The Hall–Kier alpha value is -0.960. The van der Waals surface area contributed by atoms with E-state index in [1.807, 2.05) is 0 Å². The summed E-state index contributed by atoms with van der Waals surface area (Å²) >= 11 is 5.67. The number of thioether (sulfide) groups is 1. The number of thiol groups is 1. The fraction of sp³-hybridized carbons (Fsp3) is 0.667. The van der Waals surface area contributed by atoms with Gasteiger partial charge in [-0.05, 0) is 35.3 Å². The molecule has 2 fully saturated rings. The molecule has 26 heavy (non-hydrogen) atoms. The second-order valence-electron chi connectivity index (χ2n) is 6.21. The average molecular weight is 403 g/mol. The van der Waals surface area contributed by atoms with E-state index in [0.717, 1.165) is 17.1 Å². The minimum Gasteiger partial charge on any atom is -0.457 e. The molecular weight excluding hydrogens is 376 g/mol. The number of ether oxygens (including phenoxy) is 4. The van der Waals surface area contributed by atoms with Crippen molar-refractivity contribution in [3.8, 4) is 0 Å². The van der Waals surface area contributed by atoms with Crippen LogP contribution in [-0.4, -0.2) is 55.3 Å². The Bertz CT molecular complexity index is 524. The molecule has 0 aromatic rings. The molecule has 6 nitrogen and oxygen atoms in total. The number of allylic oxidation sites excluding steroid dienone is 1. The number of hydrogen-bond acceptors (Lipinski definition) is 8. The summed E-state index contributed by atoms with van der Waals surface area (Å²) in [7, 11) is 0. The van der Waals surface area contributed by atoms with Crippen LogP contribution in [0, 0.1) is 0 Å². The van der Waals surface area contributed by atoms with E-state index in [2.05, 4.69) is 25.8 Å². The summed E-state index contributed by atoms with van der Waals surface area (Å²) in [5.41, 5.74) is 0. The van der Waals surface area contributed by atoms with Gasteiger partial charge >= 0.3 is 11.9 Å². The lowest BCUT2D eigenvalue weighted by Gasteiger charge is -2.17. The van der Waals surface area contributed by atoms with E-state index in [-0.39, 0.29) is 37.4 Å². The lowest BCUT2D eigenvalue weighted by molar-refractivity contribution is -0.155. The van der Waals surface area contributed by atoms with Crippen molar-refractivity contribution in [2.24, 2.45) is 0 Å². The topological polar surface area (TPSA) is 71.1 Å². The SMILES string of the molecule is C=CSCCCC(=O)O[C@@H]1COC2C1OC[C@@H]2OC(=O)CCCC(=C)S. The summed E-state index contributed by atoms with van der Waals surface area (Å²) in [6.07, 6.45) is 1.04. The summed E-state index contributed by atoms with van der Waals surface area (Å²) in [5, 5.41) is 1.75. The molecule has 4 atom stereocenters. The Morgan fingerprint density at radius 3 is 2.08 bits per heavy atom. The summed E-state index contributed by atoms with van der Waals surface area (Å²) in [4.78, 5) is 24.6. The maximum Gasteiger partial charge on any atom is 0.306 e. The maximum atomic E-state index is 11.9. The average Bonchev–Trinajstić information content (AvgIpc) is 3.15. The number of fused-ring (bicyclic) bond motifs is 1. The Kier molecular flexibility index (Phi) is 9.04. The molecule has 0 radical (unpaired) electrons. The first kappa shape index (κ1) is 21.3. The van der Waals surface area contributed by atoms with E-state index in [1.165, 1.54) is 0 Å². The lowest BCUT2D eigenvalue weighted by atomic mass is 10.1. The van der Waals surface area contributed by atoms with E-state index in [0.29, 0.717) is 25.7 Å². The molecule has 0 aromatic heterocycles. The van der Waals surface area contributed by atoms with Crippen LogP contribution in [0.15, 0.2) is 23.5 Å². The third kappa shape index (κ3) is 6.64. The van der Waals surface area contributed by atoms with Crippen molar-refractivity contribution in [3.05, 3.63) is 23.5 Å². The van der Waals surface area contributed by atoms with Gasteiger partial charge in [-0.15, -0.1) is 24.4 Å². The van der Waals surface area contributed by atoms with Gasteiger partial charge in [0, 0.05) is 12.8 Å². The standard InChI is InChI=1S/C18H26O6S2/c1-3-26-9-5-8-16(20)24-14-11-22-17-13(10-21-18(14)17)23-15(19)7-4-6-12(2)25/h3,13-14,17-18,25H,1-2,4-11H2/t13-,14+,17?,18?/m0/s1. The van der Waals surface area contributed by atoms with Gasteiger partial charge in [-0.3, -0.25) is 9.59 Å². The summed E-state index contributed by atoms with van der Waals surface area (Å²) in [6, 6.07) is 0. The van der Waals surface area contributed by atoms with E-state index in [1.54, 1.807) is 17.2 Å². The first-order chi connectivity index (χ1) is 12.5. The molecule has 146 valence electrons. The van der Waals surface area contributed by atoms with E-state index in [9.17, 15) is 9.59 Å². The van der Waals surface area contributed by atoms with Gasteiger partial charge in [-0.25, -0.2) is 0 Å². The predicted molar refractivity (Wildman–Crippen MR) is 103 cm³/mol. The maximum absolute atomic E-state index is 11.9. The fourth-order valence-electron chi connectivity index (χ4n) is 2.91. The zero-order valence-electron chi connectivity index (χ0n) is 14.8. The molecule has 2 aliphatic rings. The van der Waals surface area contributed by atoms with Crippen molar-refractivity contribution in [2.75, 3.05) is 19.0 Å². The van der Waals surface area contributed by atoms with Crippen LogP contribution in [0.1, 0.15) is 32.1 Å². The molecule has 8 heteroatoms. The van der Waals surface area contributed by atoms with Crippen LogP contribution in [0.3, 0.4) is 0 Å². The van der Waals surface area contributed by atoms with Crippen LogP contribution in [0.25, 0.3) is 0 Å². The molecular formula is C18H26O6S2. The summed E-state index contributed by atoms with van der Waals surface area (Å²) in [5.74, 6) is 0.276. The molecule has 2 saturated heterocycles. The third-order valence-corrected chi connectivity index (χ3v) is 5.12. The summed E-state index contributed by atoms with van der Waals surface area (Å²) < 4.78 is 22.3. The number of carbonyl (C=O) groups excluding carboxylic acids is 2. The monoisotopic (exact) mass is 402 g/mol. The predicted octanol–water partition coefficient (Wildman–Crippen LogP) is 2.88. The van der Waals surface area contributed by atoms with Crippen LogP contribution < -0.4 is 0 Å². The van der Waals surface area contributed by atoms with Crippen LogP contribution in [0.4, 0.5) is 0 Å². The zero-order chi connectivity index (χ0) is 18.9. The van der Waals surface area contributed by atoms with Crippen molar-refractivity contribution in [1.82, 2.24) is 0 Å². The number of esters is 2. The highest BCUT2D eigenvalue weighted by molar-refractivity contribution is 8.02.